The highest BCUT2D eigenvalue weighted by Crippen LogP contribution is 2.36. The highest BCUT2D eigenvalue weighted by atomic mass is 32.2. The Balaban J connectivity index is 1.74. The predicted molar refractivity (Wildman–Crippen MR) is 74.8 cm³/mol. The minimum atomic E-state index is 0.257. The molecule has 2 aromatic rings. The summed E-state index contributed by atoms with van der Waals surface area (Å²) in [6.45, 7) is 0.881. The van der Waals surface area contributed by atoms with Crippen LogP contribution in [-0.4, -0.2) is 22.3 Å². The third kappa shape index (κ3) is 1.50. The van der Waals surface area contributed by atoms with E-state index in [2.05, 4.69) is 35.4 Å². The van der Waals surface area contributed by atoms with Gasteiger partial charge in [-0.05, 0) is 29.3 Å². The number of hydrogen-bond acceptors (Lipinski definition) is 5. The molecule has 0 amide bonds. The lowest BCUT2D eigenvalue weighted by Crippen LogP contribution is -2.15. The molecule has 17 heavy (non-hydrogen) atoms. The van der Waals surface area contributed by atoms with Crippen molar-refractivity contribution in [2.75, 3.05) is 6.54 Å². The molecule has 1 aromatic carbocycles. The number of amidine groups is 1. The molecule has 0 aliphatic carbocycles. The number of hydrazone groups is 1. The van der Waals surface area contributed by atoms with Crippen LogP contribution in [0, 0.1) is 0 Å². The molecule has 0 saturated carbocycles. The van der Waals surface area contributed by atoms with Crippen LogP contribution in [0.4, 0.5) is 0 Å². The number of hydrogen-bond donors (Lipinski definition) is 0. The Morgan fingerprint density at radius 2 is 2.24 bits per heavy atom. The topological polar surface area (TPSA) is 28.0 Å². The summed E-state index contributed by atoms with van der Waals surface area (Å²) in [6, 6.07) is 11.0. The second-order valence-corrected chi connectivity index (χ2v) is 5.96. The van der Waals surface area contributed by atoms with Crippen molar-refractivity contribution in [3.05, 3.63) is 35.2 Å². The number of aliphatic imine (C=N–C) groups is 1. The van der Waals surface area contributed by atoms with Gasteiger partial charge in [0.2, 0.25) is 0 Å². The van der Waals surface area contributed by atoms with Crippen LogP contribution in [-0.2, 0) is 0 Å². The van der Waals surface area contributed by atoms with Crippen molar-refractivity contribution >= 4 is 43.9 Å². The van der Waals surface area contributed by atoms with Gasteiger partial charge in [-0.2, -0.15) is 5.10 Å². The maximum absolute atomic E-state index is 4.71. The van der Waals surface area contributed by atoms with E-state index in [0.717, 1.165) is 11.7 Å². The second kappa shape index (κ2) is 3.58. The molecule has 0 radical (unpaired) electrons. The first-order chi connectivity index (χ1) is 8.40. The monoisotopic (exact) mass is 259 g/mol. The average Bonchev–Trinajstić information content (AvgIpc) is 3.01. The molecule has 1 aromatic heterocycles. The summed E-state index contributed by atoms with van der Waals surface area (Å²) in [5.41, 5.74) is 1.85. The van der Waals surface area contributed by atoms with E-state index in [-0.39, 0.29) is 6.04 Å². The van der Waals surface area contributed by atoms with Crippen LogP contribution in [0.5, 0.6) is 0 Å². The molecular weight excluding hydrogens is 250 g/mol. The predicted octanol–water partition coefficient (Wildman–Crippen LogP) is 3.30. The van der Waals surface area contributed by atoms with E-state index in [9.17, 15) is 0 Å². The first-order valence-corrected chi connectivity index (χ1v) is 7.13. The summed E-state index contributed by atoms with van der Waals surface area (Å²) >= 11 is 3.45. The van der Waals surface area contributed by atoms with E-state index >= 15 is 0 Å². The first kappa shape index (κ1) is 9.67. The van der Waals surface area contributed by atoms with E-state index in [1.54, 1.807) is 11.8 Å². The van der Waals surface area contributed by atoms with Crippen LogP contribution < -0.4 is 0 Å². The van der Waals surface area contributed by atoms with Gasteiger partial charge >= 0.3 is 0 Å². The normalized spacial score (nSPS) is 22.2. The molecule has 3 heterocycles. The van der Waals surface area contributed by atoms with Crippen LogP contribution in [0.1, 0.15) is 10.9 Å². The zero-order chi connectivity index (χ0) is 11.2. The zero-order valence-electron chi connectivity index (χ0n) is 8.91. The molecule has 2 aliphatic heterocycles. The maximum atomic E-state index is 4.71. The third-order valence-corrected chi connectivity index (χ3v) is 4.89. The number of rotatable bonds is 1. The standard InChI is InChI=1S/C12H9N3S2/c1-2-4-10-8(3-1)5-11(17-10)9-6-15-12(14-9)16-7-13-15/h1-5,7,9H,6H2/t9-/m1/s1. The summed E-state index contributed by atoms with van der Waals surface area (Å²) in [5.74, 6) is 0. The van der Waals surface area contributed by atoms with E-state index in [0.29, 0.717) is 0 Å². The Hall–Kier alpha value is -1.33. The summed E-state index contributed by atoms with van der Waals surface area (Å²) < 4.78 is 1.34. The molecule has 5 heteroatoms. The largest absolute Gasteiger partial charge is 0.250 e. The smallest absolute Gasteiger partial charge is 0.186 e. The molecule has 0 saturated heterocycles. The van der Waals surface area contributed by atoms with Crippen LogP contribution in [0.25, 0.3) is 10.1 Å². The number of fused-ring (bicyclic) bond motifs is 2. The molecular formula is C12H9N3S2. The second-order valence-electron chi connectivity index (χ2n) is 4.03. The quantitative estimate of drug-likeness (QED) is 0.786. The van der Waals surface area contributed by atoms with E-state index in [1.165, 1.54) is 15.0 Å². The molecule has 4 rings (SSSR count). The minimum absolute atomic E-state index is 0.257. The van der Waals surface area contributed by atoms with Crippen molar-refractivity contribution in [2.45, 2.75) is 6.04 Å². The summed E-state index contributed by atoms with van der Waals surface area (Å²) in [4.78, 5) is 6.04. The lowest BCUT2D eigenvalue weighted by Gasteiger charge is -2.07. The van der Waals surface area contributed by atoms with Crippen molar-refractivity contribution in [1.82, 2.24) is 5.01 Å². The fraction of sp³-hybridized carbons (Fsp3) is 0.167. The number of nitrogens with zero attached hydrogens (tertiary/aromatic N) is 3. The van der Waals surface area contributed by atoms with Crippen molar-refractivity contribution in [3.8, 4) is 0 Å². The summed E-state index contributed by atoms with van der Waals surface area (Å²) in [5, 5.41) is 8.61. The molecule has 2 aliphatic rings. The maximum Gasteiger partial charge on any atom is 0.186 e. The van der Waals surface area contributed by atoms with Crippen molar-refractivity contribution in [1.29, 1.82) is 0 Å². The molecule has 0 spiro atoms. The minimum Gasteiger partial charge on any atom is -0.250 e. The molecule has 84 valence electrons. The molecule has 0 fully saturated rings. The van der Waals surface area contributed by atoms with Crippen LogP contribution in [0.3, 0.4) is 0 Å². The van der Waals surface area contributed by atoms with Gasteiger partial charge in [-0.15, -0.1) is 11.3 Å². The van der Waals surface area contributed by atoms with Gasteiger partial charge in [-0.25, -0.2) is 10.0 Å². The molecule has 3 nitrogen and oxygen atoms in total. The summed E-state index contributed by atoms with van der Waals surface area (Å²) in [7, 11) is 0. The summed E-state index contributed by atoms with van der Waals surface area (Å²) in [6.07, 6.45) is 0. The number of benzene rings is 1. The van der Waals surface area contributed by atoms with E-state index in [1.807, 2.05) is 21.9 Å². The lowest BCUT2D eigenvalue weighted by atomic mass is 10.2. The van der Waals surface area contributed by atoms with E-state index in [4.69, 9.17) is 4.99 Å². The van der Waals surface area contributed by atoms with Crippen LogP contribution >= 0.6 is 23.1 Å². The van der Waals surface area contributed by atoms with Gasteiger partial charge in [0.05, 0.1) is 12.1 Å². The third-order valence-electron chi connectivity index (χ3n) is 2.95. The molecule has 1 atom stereocenters. The average molecular weight is 259 g/mol. The van der Waals surface area contributed by atoms with Crippen molar-refractivity contribution in [3.63, 3.8) is 0 Å². The van der Waals surface area contributed by atoms with Gasteiger partial charge in [-0.3, -0.25) is 0 Å². The molecule has 0 bridgehead atoms. The van der Waals surface area contributed by atoms with Crippen molar-refractivity contribution < 1.29 is 0 Å². The van der Waals surface area contributed by atoms with Gasteiger partial charge in [0.25, 0.3) is 0 Å². The Kier molecular flexibility index (Phi) is 2.04. The van der Waals surface area contributed by atoms with Gasteiger partial charge in [0.15, 0.2) is 5.17 Å². The van der Waals surface area contributed by atoms with Gasteiger partial charge in [0, 0.05) is 9.58 Å². The zero-order valence-corrected chi connectivity index (χ0v) is 10.5. The highest BCUT2D eigenvalue weighted by Gasteiger charge is 2.29. The number of thiophene rings is 1. The van der Waals surface area contributed by atoms with Gasteiger partial charge in [0.1, 0.15) is 6.04 Å². The lowest BCUT2D eigenvalue weighted by molar-refractivity contribution is 0.466. The van der Waals surface area contributed by atoms with Crippen molar-refractivity contribution in [2.24, 2.45) is 10.1 Å². The Bertz CT molecular complexity index is 611. The van der Waals surface area contributed by atoms with Gasteiger partial charge in [-0.1, -0.05) is 18.2 Å². The van der Waals surface area contributed by atoms with Crippen LogP contribution in [0.2, 0.25) is 0 Å². The molecule has 0 N–H and O–H groups in total. The van der Waals surface area contributed by atoms with Crippen LogP contribution in [0.15, 0.2) is 40.4 Å². The Morgan fingerprint density at radius 3 is 3.12 bits per heavy atom. The SMILES string of the molecule is C1=NN2C[C@H](c3cc4ccccc4s3)N=C2S1. The molecule has 0 unspecified atom stereocenters. The van der Waals surface area contributed by atoms with Gasteiger partial charge < -0.3 is 0 Å². The fourth-order valence-corrected chi connectivity index (χ4v) is 3.90. The Morgan fingerprint density at radius 1 is 1.29 bits per heavy atom. The Labute approximate surface area is 107 Å². The van der Waals surface area contributed by atoms with E-state index < -0.39 is 0 Å². The first-order valence-electron chi connectivity index (χ1n) is 5.43. The highest BCUT2D eigenvalue weighted by molar-refractivity contribution is 8.25. The number of thioether (sulfide) groups is 1. The fourth-order valence-electron chi connectivity index (χ4n) is 2.12.